The van der Waals surface area contributed by atoms with E-state index in [0.29, 0.717) is 25.1 Å². The normalized spacial score (nSPS) is 12.2. The highest BCUT2D eigenvalue weighted by atomic mass is 79.9. The van der Waals surface area contributed by atoms with Crippen LogP contribution in [0.25, 0.3) is 0 Å². The van der Waals surface area contributed by atoms with E-state index in [0.717, 1.165) is 10.9 Å². The fraction of sp³-hybridized carbons (Fsp3) is 0.500. The van der Waals surface area contributed by atoms with Crippen LogP contribution in [-0.2, 0) is 11.3 Å². The van der Waals surface area contributed by atoms with Crippen molar-refractivity contribution in [3.05, 3.63) is 34.1 Å². The predicted molar refractivity (Wildman–Crippen MR) is 78.3 cm³/mol. The molecule has 0 aliphatic carbocycles. The smallest absolute Gasteiger partial charge is 0.221 e. The van der Waals surface area contributed by atoms with Gasteiger partial charge in [-0.1, -0.05) is 28.9 Å². The fourth-order valence-corrected chi connectivity index (χ4v) is 1.87. The molecule has 0 fully saturated rings. The number of rotatable bonds is 7. The second-order valence-corrected chi connectivity index (χ2v) is 5.45. The Hall–Kier alpha value is -0.940. The molecule has 1 aromatic rings. The number of halogens is 2. The number of carbonyl (C=O) groups excluding carboxylic acids is 1. The molecule has 2 N–H and O–H groups in total. The highest BCUT2D eigenvalue weighted by Gasteiger charge is 2.06. The van der Waals surface area contributed by atoms with Gasteiger partial charge in [0.2, 0.25) is 5.91 Å². The number of carbonyl (C=O) groups is 1. The van der Waals surface area contributed by atoms with Gasteiger partial charge < -0.3 is 10.6 Å². The topological polar surface area (TPSA) is 41.1 Å². The third-order valence-electron chi connectivity index (χ3n) is 2.88. The van der Waals surface area contributed by atoms with E-state index in [2.05, 4.69) is 26.6 Å². The maximum Gasteiger partial charge on any atom is 0.221 e. The lowest BCUT2D eigenvalue weighted by Gasteiger charge is -2.11. The molecule has 0 aromatic heterocycles. The van der Waals surface area contributed by atoms with Gasteiger partial charge in [-0.3, -0.25) is 4.79 Å². The summed E-state index contributed by atoms with van der Waals surface area (Å²) in [5.74, 6) is -0.218. The Bertz CT molecular complexity index is 426. The fourth-order valence-electron chi connectivity index (χ4n) is 1.54. The Morgan fingerprint density at radius 2 is 2.21 bits per heavy atom. The van der Waals surface area contributed by atoms with Crippen LogP contribution in [0.2, 0.25) is 0 Å². The van der Waals surface area contributed by atoms with Crippen LogP contribution in [0.5, 0.6) is 0 Å². The minimum Gasteiger partial charge on any atom is -0.354 e. The van der Waals surface area contributed by atoms with Gasteiger partial charge in [0.1, 0.15) is 5.82 Å². The Morgan fingerprint density at radius 3 is 2.84 bits per heavy atom. The molecule has 1 unspecified atom stereocenters. The Morgan fingerprint density at radius 1 is 1.47 bits per heavy atom. The first-order valence-corrected chi connectivity index (χ1v) is 7.26. The second-order valence-electron chi connectivity index (χ2n) is 4.54. The van der Waals surface area contributed by atoms with Gasteiger partial charge in [0.15, 0.2) is 0 Å². The van der Waals surface area contributed by atoms with Gasteiger partial charge in [0.05, 0.1) is 0 Å². The lowest BCUT2D eigenvalue weighted by atomic mass is 10.2. The highest BCUT2D eigenvalue weighted by Crippen LogP contribution is 2.14. The maximum absolute atomic E-state index is 13.5. The third kappa shape index (κ3) is 6.16. The van der Waals surface area contributed by atoms with Crippen molar-refractivity contribution in [3.8, 4) is 0 Å². The molecule has 1 aromatic carbocycles. The molecule has 1 atom stereocenters. The van der Waals surface area contributed by atoms with Gasteiger partial charge >= 0.3 is 0 Å². The second kappa shape index (κ2) is 8.27. The van der Waals surface area contributed by atoms with E-state index in [9.17, 15) is 9.18 Å². The molecule has 0 radical (unpaired) electrons. The summed E-state index contributed by atoms with van der Waals surface area (Å²) in [7, 11) is 0. The monoisotopic (exact) mass is 330 g/mol. The highest BCUT2D eigenvalue weighted by molar-refractivity contribution is 9.10. The molecule has 5 heteroatoms. The van der Waals surface area contributed by atoms with E-state index in [1.807, 2.05) is 13.8 Å². The molecule has 19 heavy (non-hydrogen) atoms. The molecule has 0 bridgehead atoms. The zero-order valence-corrected chi connectivity index (χ0v) is 12.9. The van der Waals surface area contributed by atoms with Gasteiger partial charge in [-0.05, 0) is 25.5 Å². The van der Waals surface area contributed by atoms with Crippen LogP contribution in [0, 0.1) is 5.82 Å². The SMILES string of the molecule is CCC(C)NC(=O)CCNCc1ccc(Br)cc1F. The summed E-state index contributed by atoms with van der Waals surface area (Å²) in [4.78, 5) is 11.5. The maximum atomic E-state index is 13.5. The van der Waals surface area contributed by atoms with Crippen LogP contribution in [0.4, 0.5) is 4.39 Å². The molecule has 1 rings (SSSR count). The predicted octanol–water partition coefficient (Wildman–Crippen LogP) is 2.98. The zero-order chi connectivity index (χ0) is 14.3. The first-order valence-electron chi connectivity index (χ1n) is 6.47. The summed E-state index contributed by atoms with van der Waals surface area (Å²) in [5.41, 5.74) is 0.602. The van der Waals surface area contributed by atoms with Gasteiger partial charge in [-0.15, -0.1) is 0 Å². The first kappa shape index (κ1) is 16.1. The van der Waals surface area contributed by atoms with Crippen LogP contribution in [-0.4, -0.2) is 18.5 Å². The van der Waals surface area contributed by atoms with E-state index in [1.54, 1.807) is 12.1 Å². The van der Waals surface area contributed by atoms with Crippen molar-refractivity contribution in [1.29, 1.82) is 0 Å². The summed E-state index contributed by atoms with van der Waals surface area (Å²) in [6, 6.07) is 5.17. The lowest BCUT2D eigenvalue weighted by molar-refractivity contribution is -0.121. The number of hydrogen-bond donors (Lipinski definition) is 2. The first-order chi connectivity index (χ1) is 9.02. The van der Waals surface area contributed by atoms with E-state index in [1.165, 1.54) is 6.07 Å². The zero-order valence-electron chi connectivity index (χ0n) is 11.3. The Kier molecular flexibility index (Phi) is 7.02. The molecule has 3 nitrogen and oxygen atoms in total. The molecule has 0 spiro atoms. The molecule has 0 aliphatic heterocycles. The average Bonchev–Trinajstić information content (AvgIpc) is 2.36. The van der Waals surface area contributed by atoms with Gasteiger partial charge in [-0.25, -0.2) is 4.39 Å². The van der Waals surface area contributed by atoms with Crippen molar-refractivity contribution in [2.45, 2.75) is 39.3 Å². The number of benzene rings is 1. The third-order valence-corrected chi connectivity index (χ3v) is 3.37. The van der Waals surface area contributed by atoms with Crippen molar-refractivity contribution in [3.63, 3.8) is 0 Å². The van der Waals surface area contributed by atoms with Crippen molar-refractivity contribution >= 4 is 21.8 Å². The number of amides is 1. The lowest BCUT2D eigenvalue weighted by Crippen LogP contribution is -2.33. The van der Waals surface area contributed by atoms with Crippen LogP contribution >= 0.6 is 15.9 Å². The van der Waals surface area contributed by atoms with Crippen LogP contribution in [0.15, 0.2) is 22.7 Å². The average molecular weight is 331 g/mol. The van der Waals surface area contributed by atoms with Crippen LogP contribution in [0.1, 0.15) is 32.3 Å². The molecule has 0 saturated carbocycles. The van der Waals surface area contributed by atoms with E-state index in [4.69, 9.17) is 0 Å². The summed E-state index contributed by atoms with van der Waals surface area (Å²) in [6.45, 7) is 4.97. The summed E-state index contributed by atoms with van der Waals surface area (Å²) >= 11 is 3.21. The number of hydrogen-bond acceptors (Lipinski definition) is 2. The minimum atomic E-state index is -0.245. The molecular formula is C14H20BrFN2O. The van der Waals surface area contributed by atoms with Crippen molar-refractivity contribution in [1.82, 2.24) is 10.6 Å². The summed E-state index contributed by atoms with van der Waals surface area (Å²) in [6.07, 6.45) is 1.33. The number of nitrogens with one attached hydrogen (secondary N) is 2. The molecule has 0 saturated heterocycles. The largest absolute Gasteiger partial charge is 0.354 e. The Labute approximate surface area is 122 Å². The minimum absolute atomic E-state index is 0.0260. The van der Waals surface area contributed by atoms with Crippen LogP contribution in [0.3, 0.4) is 0 Å². The van der Waals surface area contributed by atoms with Crippen molar-refractivity contribution in [2.75, 3.05) is 6.54 Å². The van der Waals surface area contributed by atoms with E-state index >= 15 is 0 Å². The molecular weight excluding hydrogens is 311 g/mol. The van der Waals surface area contributed by atoms with Gasteiger partial charge in [-0.2, -0.15) is 0 Å². The van der Waals surface area contributed by atoms with Gasteiger partial charge in [0.25, 0.3) is 0 Å². The van der Waals surface area contributed by atoms with Crippen molar-refractivity contribution in [2.24, 2.45) is 0 Å². The standard InChI is InChI=1S/C14H20BrFN2O/c1-3-10(2)18-14(19)6-7-17-9-11-4-5-12(15)8-13(11)16/h4-5,8,10,17H,3,6-7,9H2,1-2H3,(H,18,19). The molecule has 106 valence electrons. The summed E-state index contributed by atoms with van der Waals surface area (Å²) < 4.78 is 14.2. The van der Waals surface area contributed by atoms with Crippen molar-refractivity contribution < 1.29 is 9.18 Å². The van der Waals surface area contributed by atoms with E-state index in [-0.39, 0.29) is 17.8 Å². The van der Waals surface area contributed by atoms with E-state index < -0.39 is 0 Å². The summed E-state index contributed by atoms with van der Waals surface area (Å²) in [5, 5.41) is 5.96. The quantitative estimate of drug-likeness (QED) is 0.754. The molecule has 1 amide bonds. The van der Waals surface area contributed by atoms with Gasteiger partial charge in [0, 0.05) is 35.6 Å². The Balaban J connectivity index is 2.25. The van der Waals surface area contributed by atoms with Crippen LogP contribution < -0.4 is 10.6 Å². The molecule has 0 heterocycles. The molecule has 0 aliphatic rings.